The molecule has 0 aliphatic rings. The van der Waals surface area contributed by atoms with E-state index in [4.69, 9.17) is 9.47 Å². The molecule has 0 amide bonds. The van der Waals surface area contributed by atoms with Gasteiger partial charge in [-0.1, -0.05) is 0 Å². The van der Waals surface area contributed by atoms with Crippen LogP contribution in [0.15, 0.2) is 0 Å². The fraction of sp³-hybridized carbons (Fsp3) is 0.636. The normalized spacial score (nSPS) is 12.5. The van der Waals surface area contributed by atoms with Crippen LogP contribution >= 0.6 is 11.3 Å². The summed E-state index contributed by atoms with van der Waals surface area (Å²) in [4.78, 5) is 16.5. The van der Waals surface area contributed by atoms with Gasteiger partial charge < -0.3 is 9.47 Å². The number of rotatable bonds is 5. The van der Waals surface area contributed by atoms with Crippen molar-refractivity contribution in [2.75, 3.05) is 13.2 Å². The zero-order chi connectivity index (χ0) is 12.1. The van der Waals surface area contributed by atoms with Crippen LogP contribution in [0.1, 0.15) is 34.2 Å². The highest BCUT2D eigenvalue weighted by molar-refractivity contribution is 7.13. The van der Waals surface area contributed by atoms with E-state index in [2.05, 4.69) is 4.98 Å². The van der Waals surface area contributed by atoms with Crippen LogP contribution in [-0.4, -0.2) is 30.3 Å². The number of aryl methyl sites for hydroxylation is 2. The molecule has 5 heteroatoms. The first-order valence-electron chi connectivity index (χ1n) is 5.27. The smallest absolute Gasteiger partial charge is 0.350 e. The minimum atomic E-state index is -0.310. The van der Waals surface area contributed by atoms with Gasteiger partial charge in [-0.15, -0.1) is 11.3 Å². The number of thiazole rings is 1. The molecule has 4 nitrogen and oxygen atoms in total. The van der Waals surface area contributed by atoms with Crippen LogP contribution in [0.5, 0.6) is 0 Å². The topological polar surface area (TPSA) is 48.4 Å². The molecule has 0 radical (unpaired) electrons. The summed E-state index contributed by atoms with van der Waals surface area (Å²) in [6.07, 6.45) is -0.228. The summed E-state index contributed by atoms with van der Waals surface area (Å²) < 4.78 is 10.4. The molecule has 0 aromatic carbocycles. The molecule has 1 rings (SSSR count). The van der Waals surface area contributed by atoms with E-state index in [0.29, 0.717) is 18.1 Å². The largest absolute Gasteiger partial charge is 0.456 e. The van der Waals surface area contributed by atoms with Gasteiger partial charge in [-0.3, -0.25) is 0 Å². The van der Waals surface area contributed by atoms with Gasteiger partial charge in [0.2, 0.25) is 0 Å². The summed E-state index contributed by atoms with van der Waals surface area (Å²) >= 11 is 1.36. The fourth-order valence-electron chi connectivity index (χ4n) is 1.27. The van der Waals surface area contributed by atoms with Crippen molar-refractivity contribution >= 4 is 17.3 Å². The van der Waals surface area contributed by atoms with E-state index >= 15 is 0 Å². The Labute approximate surface area is 99.6 Å². The second-order valence-corrected chi connectivity index (χ2v) is 4.73. The Hall–Kier alpha value is -0.940. The SMILES string of the molecule is CCOCC(C)OC(=O)c1sc(C)nc1C. The lowest BCUT2D eigenvalue weighted by Crippen LogP contribution is -2.20. The molecule has 0 fully saturated rings. The Bertz CT molecular complexity index is 362. The predicted octanol–water partition coefficient (Wildman–Crippen LogP) is 2.34. The van der Waals surface area contributed by atoms with E-state index in [-0.39, 0.29) is 12.1 Å². The highest BCUT2D eigenvalue weighted by Crippen LogP contribution is 2.18. The number of hydrogen-bond acceptors (Lipinski definition) is 5. The number of carbonyl (C=O) groups excluding carboxylic acids is 1. The van der Waals surface area contributed by atoms with Gasteiger partial charge >= 0.3 is 5.97 Å². The number of esters is 1. The first-order chi connectivity index (χ1) is 7.54. The maximum Gasteiger partial charge on any atom is 0.350 e. The van der Waals surface area contributed by atoms with E-state index in [9.17, 15) is 4.79 Å². The van der Waals surface area contributed by atoms with Crippen molar-refractivity contribution in [2.24, 2.45) is 0 Å². The summed E-state index contributed by atoms with van der Waals surface area (Å²) in [6, 6.07) is 0. The van der Waals surface area contributed by atoms with Crippen molar-refractivity contribution in [2.45, 2.75) is 33.8 Å². The number of ether oxygens (including phenoxy) is 2. The van der Waals surface area contributed by atoms with Crippen LogP contribution in [0, 0.1) is 13.8 Å². The molecule has 90 valence electrons. The average Bonchev–Trinajstić information content (AvgIpc) is 2.54. The summed E-state index contributed by atoms with van der Waals surface area (Å²) in [6.45, 7) is 8.47. The molecule has 1 unspecified atom stereocenters. The molecular weight excluding hydrogens is 226 g/mol. The number of aromatic nitrogens is 1. The van der Waals surface area contributed by atoms with Crippen molar-refractivity contribution < 1.29 is 14.3 Å². The molecule has 0 saturated carbocycles. The number of nitrogens with zero attached hydrogens (tertiary/aromatic N) is 1. The molecule has 1 atom stereocenters. The lowest BCUT2D eigenvalue weighted by Gasteiger charge is -2.12. The summed E-state index contributed by atoms with van der Waals surface area (Å²) in [5.41, 5.74) is 0.733. The molecule has 0 bridgehead atoms. The van der Waals surface area contributed by atoms with Gasteiger partial charge in [-0.25, -0.2) is 9.78 Å². The van der Waals surface area contributed by atoms with E-state index in [0.717, 1.165) is 10.7 Å². The standard InChI is InChI=1S/C11H17NO3S/c1-5-14-6-7(2)15-11(13)10-8(3)12-9(4)16-10/h7H,5-6H2,1-4H3. The second kappa shape index (κ2) is 5.96. The molecule has 0 spiro atoms. The van der Waals surface area contributed by atoms with Gasteiger partial charge in [0.1, 0.15) is 11.0 Å². The van der Waals surface area contributed by atoms with Gasteiger partial charge in [0.05, 0.1) is 17.3 Å². The quantitative estimate of drug-likeness (QED) is 0.745. The minimum absolute atomic E-state index is 0.228. The first-order valence-corrected chi connectivity index (χ1v) is 6.09. The average molecular weight is 243 g/mol. The van der Waals surface area contributed by atoms with Crippen molar-refractivity contribution in [3.05, 3.63) is 15.6 Å². The van der Waals surface area contributed by atoms with E-state index in [1.54, 1.807) is 0 Å². The van der Waals surface area contributed by atoms with Crippen molar-refractivity contribution in [3.8, 4) is 0 Å². The Morgan fingerprint density at radius 2 is 2.19 bits per heavy atom. The lowest BCUT2D eigenvalue weighted by atomic mass is 10.4. The Kier molecular flexibility index (Phi) is 4.89. The monoisotopic (exact) mass is 243 g/mol. The molecule has 0 N–H and O–H groups in total. The highest BCUT2D eigenvalue weighted by Gasteiger charge is 2.17. The van der Waals surface area contributed by atoms with Gasteiger partial charge in [0.15, 0.2) is 0 Å². The first kappa shape index (κ1) is 13.1. The van der Waals surface area contributed by atoms with Crippen molar-refractivity contribution in [1.29, 1.82) is 0 Å². The third kappa shape index (κ3) is 3.57. The fourth-order valence-corrected chi connectivity index (χ4v) is 2.08. The maximum atomic E-state index is 11.7. The van der Waals surface area contributed by atoms with E-state index in [1.807, 2.05) is 27.7 Å². The second-order valence-electron chi connectivity index (χ2n) is 3.52. The third-order valence-electron chi connectivity index (χ3n) is 1.95. The van der Waals surface area contributed by atoms with E-state index in [1.165, 1.54) is 11.3 Å². The molecule has 0 aliphatic heterocycles. The van der Waals surface area contributed by atoms with Crippen LogP contribution in [0.4, 0.5) is 0 Å². The van der Waals surface area contributed by atoms with Crippen LogP contribution in [0.25, 0.3) is 0 Å². The van der Waals surface area contributed by atoms with Crippen LogP contribution in [-0.2, 0) is 9.47 Å². The van der Waals surface area contributed by atoms with Gasteiger partial charge in [0.25, 0.3) is 0 Å². The third-order valence-corrected chi connectivity index (χ3v) is 3.01. The Balaban J connectivity index is 2.55. The zero-order valence-corrected chi connectivity index (χ0v) is 10.9. The van der Waals surface area contributed by atoms with Crippen molar-refractivity contribution in [3.63, 3.8) is 0 Å². The summed E-state index contributed by atoms with van der Waals surface area (Å²) in [7, 11) is 0. The molecule has 1 aromatic rings. The van der Waals surface area contributed by atoms with Crippen LogP contribution in [0.2, 0.25) is 0 Å². The predicted molar refractivity (Wildman–Crippen MR) is 63.0 cm³/mol. The van der Waals surface area contributed by atoms with Gasteiger partial charge in [-0.2, -0.15) is 0 Å². The van der Waals surface area contributed by atoms with Crippen LogP contribution < -0.4 is 0 Å². The number of carbonyl (C=O) groups is 1. The van der Waals surface area contributed by atoms with Crippen LogP contribution in [0.3, 0.4) is 0 Å². The summed E-state index contributed by atoms with van der Waals surface area (Å²) in [5.74, 6) is -0.310. The molecule has 0 aliphatic carbocycles. The Morgan fingerprint density at radius 3 is 2.69 bits per heavy atom. The van der Waals surface area contributed by atoms with Gasteiger partial charge in [-0.05, 0) is 27.7 Å². The zero-order valence-electron chi connectivity index (χ0n) is 10.1. The number of hydrogen-bond donors (Lipinski definition) is 0. The van der Waals surface area contributed by atoms with E-state index < -0.39 is 0 Å². The lowest BCUT2D eigenvalue weighted by molar-refractivity contribution is 0.00476. The maximum absolute atomic E-state index is 11.7. The van der Waals surface area contributed by atoms with Crippen molar-refractivity contribution in [1.82, 2.24) is 4.98 Å². The molecule has 1 heterocycles. The Morgan fingerprint density at radius 1 is 1.50 bits per heavy atom. The highest BCUT2D eigenvalue weighted by atomic mass is 32.1. The molecule has 0 saturated heterocycles. The summed E-state index contributed by atoms with van der Waals surface area (Å²) in [5, 5.41) is 0.877. The van der Waals surface area contributed by atoms with Gasteiger partial charge in [0, 0.05) is 6.61 Å². The minimum Gasteiger partial charge on any atom is -0.456 e. The molecular formula is C11H17NO3S. The molecule has 1 aromatic heterocycles. The molecule has 16 heavy (non-hydrogen) atoms.